The Kier molecular flexibility index (Phi) is 3.46. The fraction of sp³-hybridized carbons (Fsp3) is 0.667. The molecule has 2 fully saturated rings. The first kappa shape index (κ1) is 12.9. The zero-order chi connectivity index (χ0) is 13.4. The molecule has 2 saturated heterocycles. The molecule has 2 unspecified atom stereocenters. The second-order valence-corrected chi connectivity index (χ2v) is 5.78. The minimum atomic E-state index is 0.406. The van der Waals surface area contributed by atoms with Crippen LogP contribution in [0.5, 0.6) is 0 Å². The molecule has 0 saturated carbocycles. The molecule has 4 heteroatoms. The van der Waals surface area contributed by atoms with Gasteiger partial charge in [0.05, 0.1) is 12.2 Å². The van der Waals surface area contributed by atoms with Crippen LogP contribution in [0.3, 0.4) is 0 Å². The minimum Gasteiger partial charge on any atom is -0.371 e. The van der Waals surface area contributed by atoms with Gasteiger partial charge in [-0.1, -0.05) is 0 Å². The SMILES string of the molecule is CNCc1c(C)cc(C)nc1N1CC2CCC(C1)O2. The van der Waals surface area contributed by atoms with Crippen molar-refractivity contribution in [2.24, 2.45) is 0 Å². The molecule has 0 radical (unpaired) electrons. The number of anilines is 1. The summed E-state index contributed by atoms with van der Waals surface area (Å²) in [5.41, 5.74) is 3.76. The fourth-order valence-corrected chi connectivity index (χ4v) is 3.29. The van der Waals surface area contributed by atoms with Gasteiger partial charge in [0.1, 0.15) is 5.82 Å². The van der Waals surface area contributed by atoms with E-state index in [0.717, 1.165) is 31.1 Å². The Morgan fingerprint density at radius 2 is 2.00 bits per heavy atom. The minimum absolute atomic E-state index is 0.406. The van der Waals surface area contributed by atoms with Crippen LogP contribution in [0.15, 0.2) is 6.07 Å². The summed E-state index contributed by atoms with van der Waals surface area (Å²) in [5, 5.41) is 3.26. The number of rotatable bonds is 3. The van der Waals surface area contributed by atoms with E-state index in [4.69, 9.17) is 9.72 Å². The van der Waals surface area contributed by atoms with E-state index in [0.29, 0.717) is 12.2 Å². The van der Waals surface area contributed by atoms with Crippen molar-refractivity contribution < 1.29 is 4.74 Å². The Balaban J connectivity index is 1.94. The maximum atomic E-state index is 5.92. The predicted octanol–water partition coefficient (Wildman–Crippen LogP) is 1.79. The first-order chi connectivity index (χ1) is 9.17. The topological polar surface area (TPSA) is 37.4 Å². The van der Waals surface area contributed by atoms with Gasteiger partial charge in [-0.3, -0.25) is 0 Å². The summed E-state index contributed by atoms with van der Waals surface area (Å²) in [7, 11) is 1.99. The lowest BCUT2D eigenvalue weighted by atomic mass is 10.1. The molecule has 2 aliphatic rings. The van der Waals surface area contributed by atoms with Gasteiger partial charge < -0.3 is 15.0 Å². The number of nitrogens with one attached hydrogen (secondary N) is 1. The molecule has 0 spiro atoms. The molecule has 3 heterocycles. The highest BCUT2D eigenvalue weighted by Gasteiger charge is 2.35. The van der Waals surface area contributed by atoms with Crippen LogP contribution in [0, 0.1) is 13.8 Å². The van der Waals surface area contributed by atoms with Crippen molar-refractivity contribution in [1.29, 1.82) is 0 Å². The normalized spacial score (nSPS) is 25.9. The monoisotopic (exact) mass is 261 g/mol. The van der Waals surface area contributed by atoms with Crippen molar-refractivity contribution >= 4 is 5.82 Å². The third-order valence-electron chi connectivity index (χ3n) is 4.15. The number of morpholine rings is 1. The van der Waals surface area contributed by atoms with Crippen LogP contribution in [0.1, 0.15) is 29.7 Å². The first-order valence-electron chi connectivity index (χ1n) is 7.19. The maximum Gasteiger partial charge on any atom is 0.133 e. The summed E-state index contributed by atoms with van der Waals surface area (Å²) >= 11 is 0. The van der Waals surface area contributed by atoms with Gasteiger partial charge >= 0.3 is 0 Å². The third kappa shape index (κ3) is 2.47. The Hall–Kier alpha value is -1.13. The zero-order valence-corrected chi connectivity index (χ0v) is 12.1. The second-order valence-electron chi connectivity index (χ2n) is 5.78. The highest BCUT2D eigenvalue weighted by Crippen LogP contribution is 2.31. The quantitative estimate of drug-likeness (QED) is 0.900. The molecule has 2 atom stereocenters. The summed E-state index contributed by atoms with van der Waals surface area (Å²) < 4.78 is 5.92. The smallest absolute Gasteiger partial charge is 0.133 e. The van der Waals surface area contributed by atoms with E-state index in [2.05, 4.69) is 30.1 Å². The van der Waals surface area contributed by atoms with Gasteiger partial charge in [0.25, 0.3) is 0 Å². The van der Waals surface area contributed by atoms with Gasteiger partial charge in [0.2, 0.25) is 0 Å². The fourth-order valence-electron chi connectivity index (χ4n) is 3.29. The average Bonchev–Trinajstić information content (AvgIpc) is 2.71. The van der Waals surface area contributed by atoms with Crippen LogP contribution in [0.2, 0.25) is 0 Å². The van der Waals surface area contributed by atoms with E-state index < -0.39 is 0 Å². The van der Waals surface area contributed by atoms with E-state index in [-0.39, 0.29) is 0 Å². The standard InChI is InChI=1S/C15H23N3O/c1-10-6-11(2)17-15(14(10)7-16-3)18-8-12-4-5-13(9-18)19-12/h6,12-13,16H,4-5,7-9H2,1-3H3. The molecule has 0 aliphatic carbocycles. The molecule has 0 amide bonds. The van der Waals surface area contributed by atoms with E-state index in [1.165, 1.54) is 24.0 Å². The van der Waals surface area contributed by atoms with Crippen LogP contribution >= 0.6 is 0 Å². The average molecular weight is 261 g/mol. The molecule has 4 nitrogen and oxygen atoms in total. The molecule has 1 N–H and O–H groups in total. The van der Waals surface area contributed by atoms with Crippen molar-refractivity contribution in [3.63, 3.8) is 0 Å². The van der Waals surface area contributed by atoms with Crippen molar-refractivity contribution in [1.82, 2.24) is 10.3 Å². The van der Waals surface area contributed by atoms with Gasteiger partial charge in [-0.05, 0) is 45.4 Å². The van der Waals surface area contributed by atoms with Gasteiger partial charge in [-0.25, -0.2) is 4.98 Å². The highest BCUT2D eigenvalue weighted by atomic mass is 16.5. The molecule has 2 bridgehead atoms. The molecule has 2 aliphatic heterocycles. The van der Waals surface area contributed by atoms with Crippen LogP contribution in [-0.2, 0) is 11.3 Å². The number of hydrogen-bond donors (Lipinski definition) is 1. The lowest BCUT2D eigenvalue weighted by molar-refractivity contribution is 0.0301. The van der Waals surface area contributed by atoms with Gasteiger partial charge in [-0.15, -0.1) is 0 Å². The first-order valence-corrected chi connectivity index (χ1v) is 7.19. The molecular formula is C15H23N3O. The van der Waals surface area contributed by atoms with Crippen molar-refractivity contribution in [2.45, 2.75) is 45.4 Å². The summed E-state index contributed by atoms with van der Waals surface area (Å²) in [5.74, 6) is 1.16. The maximum absolute atomic E-state index is 5.92. The van der Waals surface area contributed by atoms with Crippen LogP contribution in [0.4, 0.5) is 5.82 Å². The zero-order valence-electron chi connectivity index (χ0n) is 12.1. The molecule has 1 aromatic heterocycles. The highest BCUT2D eigenvalue weighted by molar-refractivity contribution is 5.52. The predicted molar refractivity (Wildman–Crippen MR) is 76.6 cm³/mol. The lowest BCUT2D eigenvalue weighted by Crippen LogP contribution is -2.43. The Morgan fingerprint density at radius 1 is 1.32 bits per heavy atom. The number of hydrogen-bond acceptors (Lipinski definition) is 4. The molecule has 0 aromatic carbocycles. The Morgan fingerprint density at radius 3 is 2.63 bits per heavy atom. The number of nitrogens with zero attached hydrogens (tertiary/aromatic N) is 2. The number of aryl methyl sites for hydroxylation is 2. The number of fused-ring (bicyclic) bond motifs is 2. The Labute approximate surface area is 115 Å². The second kappa shape index (κ2) is 5.10. The number of pyridine rings is 1. The van der Waals surface area contributed by atoms with E-state index >= 15 is 0 Å². The summed E-state index contributed by atoms with van der Waals surface area (Å²) in [6, 6.07) is 2.17. The van der Waals surface area contributed by atoms with Crippen LogP contribution in [0.25, 0.3) is 0 Å². The number of aromatic nitrogens is 1. The lowest BCUT2D eigenvalue weighted by Gasteiger charge is -2.34. The summed E-state index contributed by atoms with van der Waals surface area (Å²) in [6.45, 7) is 7.11. The summed E-state index contributed by atoms with van der Waals surface area (Å²) in [4.78, 5) is 7.23. The molecule has 104 valence electrons. The van der Waals surface area contributed by atoms with E-state index in [1.807, 2.05) is 7.05 Å². The molecule has 1 aromatic rings. The van der Waals surface area contributed by atoms with Crippen molar-refractivity contribution in [2.75, 3.05) is 25.0 Å². The number of ether oxygens (including phenoxy) is 1. The van der Waals surface area contributed by atoms with Crippen molar-refractivity contribution in [3.8, 4) is 0 Å². The van der Waals surface area contributed by atoms with E-state index in [9.17, 15) is 0 Å². The van der Waals surface area contributed by atoms with Crippen LogP contribution < -0.4 is 10.2 Å². The van der Waals surface area contributed by atoms with Crippen molar-refractivity contribution in [3.05, 3.63) is 22.9 Å². The Bertz CT molecular complexity index is 463. The van der Waals surface area contributed by atoms with Gasteiger partial charge in [0, 0.05) is 30.9 Å². The molecular weight excluding hydrogens is 238 g/mol. The summed E-state index contributed by atoms with van der Waals surface area (Å²) in [6.07, 6.45) is 3.22. The van der Waals surface area contributed by atoms with Gasteiger partial charge in [0.15, 0.2) is 0 Å². The van der Waals surface area contributed by atoms with Crippen LogP contribution in [-0.4, -0.2) is 37.3 Å². The molecule has 19 heavy (non-hydrogen) atoms. The molecule has 3 rings (SSSR count). The van der Waals surface area contributed by atoms with Gasteiger partial charge in [-0.2, -0.15) is 0 Å². The van der Waals surface area contributed by atoms with E-state index in [1.54, 1.807) is 0 Å². The largest absolute Gasteiger partial charge is 0.371 e. The third-order valence-corrected chi connectivity index (χ3v) is 4.15.